The lowest BCUT2D eigenvalue weighted by Gasteiger charge is -2.21. The first-order valence-corrected chi connectivity index (χ1v) is 8.58. The van der Waals surface area contributed by atoms with E-state index in [4.69, 9.17) is 4.74 Å². The Morgan fingerprint density at radius 1 is 1.12 bits per heavy atom. The molecule has 6 heteroatoms. The maximum absolute atomic E-state index is 5.38. The largest absolute Gasteiger partial charge is 0.496 e. The van der Waals surface area contributed by atoms with Crippen LogP contribution < -0.4 is 15.0 Å². The second kappa shape index (κ2) is 9.70. The molecule has 0 fully saturated rings. The lowest BCUT2D eigenvalue weighted by atomic mass is 10.1. The van der Waals surface area contributed by atoms with Crippen LogP contribution in [0.3, 0.4) is 0 Å². The third-order valence-corrected chi connectivity index (χ3v) is 3.71. The molecule has 24 heavy (non-hydrogen) atoms. The van der Waals surface area contributed by atoms with Gasteiger partial charge in [-0.3, -0.25) is 0 Å². The Kier molecular flexibility index (Phi) is 7.26. The third-order valence-electron chi connectivity index (χ3n) is 3.71. The molecule has 1 aromatic heterocycles. The number of benzene rings is 1. The van der Waals surface area contributed by atoms with Crippen molar-refractivity contribution >= 4 is 11.8 Å². The first kappa shape index (κ1) is 18.0. The molecule has 0 saturated heterocycles. The highest BCUT2D eigenvalue weighted by Crippen LogP contribution is 2.18. The highest BCUT2D eigenvalue weighted by Gasteiger charge is 2.09. The molecule has 130 valence electrons. The zero-order valence-corrected chi connectivity index (χ0v) is 14.8. The number of methoxy groups -OCH3 is 1. The van der Waals surface area contributed by atoms with Gasteiger partial charge < -0.3 is 15.0 Å². The van der Waals surface area contributed by atoms with Gasteiger partial charge in [0.05, 0.1) is 13.3 Å². The number of ether oxygens (including phenoxy) is 1. The molecule has 0 spiro atoms. The van der Waals surface area contributed by atoms with Gasteiger partial charge in [0, 0.05) is 19.6 Å². The Labute approximate surface area is 144 Å². The van der Waals surface area contributed by atoms with E-state index in [9.17, 15) is 0 Å². The number of aromatic nitrogens is 3. The number of hydrogen-bond donors (Lipinski definition) is 1. The van der Waals surface area contributed by atoms with Gasteiger partial charge in [-0.05, 0) is 30.9 Å². The molecule has 1 N–H and O–H groups in total. The molecule has 2 rings (SSSR count). The van der Waals surface area contributed by atoms with Crippen molar-refractivity contribution in [2.45, 2.75) is 33.1 Å². The van der Waals surface area contributed by atoms with Crippen molar-refractivity contribution in [3.63, 3.8) is 0 Å². The van der Waals surface area contributed by atoms with E-state index >= 15 is 0 Å². The average Bonchev–Trinajstić information content (AvgIpc) is 2.62. The number of nitrogens with zero attached hydrogens (tertiary/aromatic N) is 4. The predicted octanol–water partition coefficient (Wildman–Crippen LogP) is 3.16. The molecule has 0 unspecified atom stereocenters. The molecule has 0 bridgehead atoms. The van der Waals surface area contributed by atoms with E-state index in [-0.39, 0.29) is 0 Å². The summed E-state index contributed by atoms with van der Waals surface area (Å²) in [7, 11) is 1.70. The van der Waals surface area contributed by atoms with E-state index in [1.54, 1.807) is 13.3 Å². The lowest BCUT2D eigenvalue weighted by Crippen LogP contribution is -2.27. The minimum Gasteiger partial charge on any atom is -0.496 e. The van der Waals surface area contributed by atoms with Crippen LogP contribution in [0.25, 0.3) is 0 Å². The first-order chi connectivity index (χ1) is 11.8. The molecule has 0 saturated carbocycles. The number of hydrogen-bond acceptors (Lipinski definition) is 6. The molecular formula is C18H27N5O. The minimum absolute atomic E-state index is 0.695. The standard InChI is InChI=1S/C18H27N5O/c1-4-12-23(13-5-2)18-21-17(14-20-22-18)19-11-10-15-8-6-7-9-16(15)24-3/h6-9,14H,4-5,10-13H2,1-3H3,(H,19,21,22). The molecular weight excluding hydrogens is 302 g/mol. The fourth-order valence-corrected chi connectivity index (χ4v) is 2.60. The van der Waals surface area contributed by atoms with E-state index < -0.39 is 0 Å². The summed E-state index contributed by atoms with van der Waals surface area (Å²) >= 11 is 0. The summed E-state index contributed by atoms with van der Waals surface area (Å²) in [4.78, 5) is 6.77. The molecule has 2 aromatic rings. The van der Waals surface area contributed by atoms with Crippen molar-refractivity contribution in [2.75, 3.05) is 37.0 Å². The molecule has 1 heterocycles. The van der Waals surface area contributed by atoms with E-state index in [2.05, 4.69) is 45.3 Å². The molecule has 0 amide bonds. The number of para-hydroxylation sites is 1. The van der Waals surface area contributed by atoms with Crippen molar-refractivity contribution in [1.29, 1.82) is 0 Å². The Balaban J connectivity index is 1.96. The third kappa shape index (κ3) is 5.08. The van der Waals surface area contributed by atoms with Crippen molar-refractivity contribution in [3.8, 4) is 5.75 Å². The van der Waals surface area contributed by atoms with Crippen LogP contribution in [0.5, 0.6) is 5.75 Å². The summed E-state index contributed by atoms with van der Waals surface area (Å²) in [6.07, 6.45) is 4.66. The summed E-state index contributed by atoms with van der Waals surface area (Å²) in [5, 5.41) is 11.6. The Bertz CT molecular complexity index is 614. The van der Waals surface area contributed by atoms with Gasteiger partial charge in [-0.1, -0.05) is 32.0 Å². The van der Waals surface area contributed by atoms with Crippen LogP contribution in [0.1, 0.15) is 32.3 Å². The fraction of sp³-hybridized carbons (Fsp3) is 0.500. The van der Waals surface area contributed by atoms with E-state index in [1.165, 1.54) is 5.56 Å². The van der Waals surface area contributed by atoms with E-state index in [0.717, 1.165) is 50.5 Å². The van der Waals surface area contributed by atoms with Crippen LogP contribution in [0.15, 0.2) is 30.5 Å². The predicted molar refractivity (Wildman–Crippen MR) is 97.8 cm³/mol. The van der Waals surface area contributed by atoms with Gasteiger partial charge in [-0.15, -0.1) is 5.10 Å². The van der Waals surface area contributed by atoms with Crippen LogP contribution in [0, 0.1) is 0 Å². The van der Waals surface area contributed by atoms with Crippen LogP contribution in [0.2, 0.25) is 0 Å². The van der Waals surface area contributed by atoms with Gasteiger partial charge in [0.25, 0.3) is 0 Å². The molecule has 1 aromatic carbocycles. The minimum atomic E-state index is 0.695. The SMILES string of the molecule is CCCN(CCC)c1nncc(NCCc2ccccc2OC)n1. The molecule has 0 aliphatic carbocycles. The summed E-state index contributed by atoms with van der Waals surface area (Å²) in [5.41, 5.74) is 1.17. The van der Waals surface area contributed by atoms with Gasteiger partial charge in [0.1, 0.15) is 5.75 Å². The van der Waals surface area contributed by atoms with Crippen LogP contribution in [-0.2, 0) is 6.42 Å². The summed E-state index contributed by atoms with van der Waals surface area (Å²) < 4.78 is 5.38. The average molecular weight is 329 g/mol. The topological polar surface area (TPSA) is 63.2 Å². The van der Waals surface area contributed by atoms with Crippen molar-refractivity contribution in [3.05, 3.63) is 36.0 Å². The fourth-order valence-electron chi connectivity index (χ4n) is 2.60. The normalized spacial score (nSPS) is 10.5. The van der Waals surface area contributed by atoms with Crippen LogP contribution in [0.4, 0.5) is 11.8 Å². The quantitative estimate of drug-likeness (QED) is 0.722. The number of rotatable bonds is 10. The van der Waals surface area contributed by atoms with Gasteiger partial charge in [-0.2, -0.15) is 10.1 Å². The smallest absolute Gasteiger partial charge is 0.247 e. The maximum Gasteiger partial charge on any atom is 0.247 e. The van der Waals surface area contributed by atoms with E-state index in [1.807, 2.05) is 18.2 Å². The summed E-state index contributed by atoms with van der Waals surface area (Å²) in [5.74, 6) is 2.37. The maximum atomic E-state index is 5.38. The Morgan fingerprint density at radius 2 is 1.88 bits per heavy atom. The highest BCUT2D eigenvalue weighted by molar-refractivity contribution is 5.40. The molecule has 0 aliphatic heterocycles. The Hall–Kier alpha value is -2.37. The van der Waals surface area contributed by atoms with Gasteiger partial charge in [-0.25, -0.2) is 0 Å². The second-order valence-electron chi connectivity index (χ2n) is 5.62. The second-order valence-corrected chi connectivity index (χ2v) is 5.62. The van der Waals surface area contributed by atoms with Gasteiger partial charge in [0.2, 0.25) is 5.95 Å². The summed E-state index contributed by atoms with van der Waals surface area (Å²) in [6.45, 7) is 6.97. The first-order valence-electron chi connectivity index (χ1n) is 8.58. The van der Waals surface area contributed by atoms with Crippen molar-refractivity contribution < 1.29 is 4.74 Å². The lowest BCUT2D eigenvalue weighted by molar-refractivity contribution is 0.410. The number of nitrogens with one attached hydrogen (secondary N) is 1. The number of anilines is 2. The van der Waals surface area contributed by atoms with Gasteiger partial charge >= 0.3 is 0 Å². The molecule has 6 nitrogen and oxygen atoms in total. The monoisotopic (exact) mass is 329 g/mol. The molecule has 0 aliphatic rings. The van der Waals surface area contributed by atoms with Gasteiger partial charge in [0.15, 0.2) is 5.82 Å². The van der Waals surface area contributed by atoms with Crippen LogP contribution >= 0.6 is 0 Å². The van der Waals surface area contributed by atoms with Crippen molar-refractivity contribution in [1.82, 2.24) is 15.2 Å². The molecule has 0 radical (unpaired) electrons. The van der Waals surface area contributed by atoms with Crippen molar-refractivity contribution in [2.24, 2.45) is 0 Å². The zero-order chi connectivity index (χ0) is 17.2. The van der Waals surface area contributed by atoms with Crippen LogP contribution in [-0.4, -0.2) is 41.9 Å². The molecule has 0 atom stereocenters. The summed E-state index contributed by atoms with van der Waals surface area (Å²) in [6, 6.07) is 8.06. The zero-order valence-electron chi connectivity index (χ0n) is 14.8. The Morgan fingerprint density at radius 3 is 2.58 bits per heavy atom. The highest BCUT2D eigenvalue weighted by atomic mass is 16.5. The van der Waals surface area contributed by atoms with E-state index in [0.29, 0.717) is 5.95 Å².